The highest BCUT2D eigenvalue weighted by molar-refractivity contribution is 7.89. The van der Waals surface area contributed by atoms with E-state index in [2.05, 4.69) is 44.2 Å². The van der Waals surface area contributed by atoms with Crippen molar-refractivity contribution in [1.29, 1.82) is 0 Å². The van der Waals surface area contributed by atoms with Gasteiger partial charge in [-0.25, -0.2) is 8.42 Å². The van der Waals surface area contributed by atoms with E-state index < -0.39 is 10.0 Å². The van der Waals surface area contributed by atoms with E-state index in [9.17, 15) is 8.42 Å². The molecule has 3 nitrogen and oxygen atoms in total. The van der Waals surface area contributed by atoms with Crippen LogP contribution in [0.5, 0.6) is 0 Å². The standard InChI is InChI=1S/C24H29NO2S/c1-19-10-12-22(13-11-19)28(26,27)25-15-7-14-24(25)17-21(16-23(2,3)18-24)20-8-5-4-6-9-20/h4-6,8-13,16H,7,14-15,17-18H2,1-3H3. The Morgan fingerprint density at radius 2 is 1.64 bits per heavy atom. The molecule has 1 fully saturated rings. The van der Waals surface area contributed by atoms with E-state index >= 15 is 0 Å². The summed E-state index contributed by atoms with van der Waals surface area (Å²) in [5, 5.41) is 0. The van der Waals surface area contributed by atoms with Crippen LogP contribution in [-0.4, -0.2) is 24.8 Å². The Morgan fingerprint density at radius 3 is 2.32 bits per heavy atom. The first-order chi connectivity index (χ1) is 13.2. The quantitative estimate of drug-likeness (QED) is 0.696. The van der Waals surface area contributed by atoms with Crippen molar-refractivity contribution in [2.75, 3.05) is 6.54 Å². The number of nitrogens with zero attached hydrogens (tertiary/aromatic N) is 1. The van der Waals surface area contributed by atoms with E-state index in [4.69, 9.17) is 0 Å². The van der Waals surface area contributed by atoms with Gasteiger partial charge >= 0.3 is 0 Å². The number of aryl methyl sites for hydroxylation is 1. The van der Waals surface area contributed by atoms with E-state index in [0.29, 0.717) is 11.4 Å². The zero-order valence-corrected chi connectivity index (χ0v) is 17.8. The molecule has 1 aliphatic heterocycles. The lowest BCUT2D eigenvalue weighted by Gasteiger charge is -2.46. The molecular weight excluding hydrogens is 366 g/mol. The summed E-state index contributed by atoms with van der Waals surface area (Å²) >= 11 is 0. The second-order valence-corrected chi connectivity index (χ2v) is 11.0. The van der Waals surface area contributed by atoms with Gasteiger partial charge in [0.1, 0.15) is 0 Å². The van der Waals surface area contributed by atoms with Crippen LogP contribution in [-0.2, 0) is 10.0 Å². The zero-order valence-electron chi connectivity index (χ0n) is 17.0. The third-order valence-corrected chi connectivity index (χ3v) is 8.17. The molecule has 0 bridgehead atoms. The number of hydrogen-bond donors (Lipinski definition) is 0. The number of rotatable bonds is 3. The van der Waals surface area contributed by atoms with Crippen molar-refractivity contribution in [3.05, 3.63) is 71.8 Å². The minimum Gasteiger partial charge on any atom is -0.207 e. The van der Waals surface area contributed by atoms with E-state index in [1.54, 1.807) is 12.1 Å². The van der Waals surface area contributed by atoms with E-state index in [-0.39, 0.29) is 11.0 Å². The zero-order chi connectivity index (χ0) is 20.0. The fourth-order valence-electron chi connectivity index (χ4n) is 5.16. The summed E-state index contributed by atoms with van der Waals surface area (Å²) in [5.74, 6) is 0. The second-order valence-electron chi connectivity index (χ2n) is 9.10. The molecule has 2 aliphatic rings. The van der Waals surface area contributed by atoms with Crippen LogP contribution in [0.3, 0.4) is 0 Å². The molecule has 0 saturated carbocycles. The Morgan fingerprint density at radius 1 is 0.964 bits per heavy atom. The molecule has 1 heterocycles. The van der Waals surface area contributed by atoms with Crippen molar-refractivity contribution in [3.8, 4) is 0 Å². The van der Waals surface area contributed by atoms with E-state index in [1.807, 2.05) is 29.4 Å². The molecule has 2 aromatic rings. The molecule has 28 heavy (non-hydrogen) atoms. The summed E-state index contributed by atoms with van der Waals surface area (Å²) in [5.41, 5.74) is 3.15. The first kappa shape index (κ1) is 19.4. The van der Waals surface area contributed by atoms with Crippen LogP contribution in [0.1, 0.15) is 50.7 Å². The maximum atomic E-state index is 13.6. The Bertz CT molecular complexity index is 991. The molecule has 1 unspecified atom stereocenters. The second kappa shape index (κ2) is 6.85. The van der Waals surface area contributed by atoms with Crippen molar-refractivity contribution in [2.45, 2.75) is 56.9 Å². The fraction of sp³-hybridized carbons (Fsp3) is 0.417. The summed E-state index contributed by atoms with van der Waals surface area (Å²) < 4.78 is 29.0. The summed E-state index contributed by atoms with van der Waals surface area (Å²) in [7, 11) is -3.51. The molecule has 1 saturated heterocycles. The van der Waals surface area contributed by atoms with Crippen LogP contribution in [0.2, 0.25) is 0 Å². The topological polar surface area (TPSA) is 37.4 Å². The molecule has 0 radical (unpaired) electrons. The molecule has 148 valence electrons. The highest BCUT2D eigenvalue weighted by Crippen LogP contribution is 2.51. The summed E-state index contributed by atoms with van der Waals surface area (Å²) in [6.45, 7) is 7.04. The Balaban J connectivity index is 1.76. The van der Waals surface area contributed by atoms with Crippen LogP contribution in [0.25, 0.3) is 5.57 Å². The van der Waals surface area contributed by atoms with Crippen molar-refractivity contribution < 1.29 is 8.42 Å². The van der Waals surface area contributed by atoms with Gasteiger partial charge in [0.15, 0.2) is 0 Å². The first-order valence-corrected chi connectivity index (χ1v) is 11.5. The lowest BCUT2D eigenvalue weighted by Crippen LogP contribution is -2.51. The normalized spacial score (nSPS) is 25.0. The molecule has 1 aliphatic carbocycles. The molecule has 2 aromatic carbocycles. The molecule has 0 aromatic heterocycles. The third-order valence-electron chi connectivity index (χ3n) is 6.16. The first-order valence-electron chi connectivity index (χ1n) is 10.1. The van der Waals surface area contributed by atoms with Crippen molar-refractivity contribution in [3.63, 3.8) is 0 Å². The third kappa shape index (κ3) is 3.44. The maximum absolute atomic E-state index is 13.6. The lowest BCUT2D eigenvalue weighted by atomic mass is 9.68. The van der Waals surface area contributed by atoms with Crippen LogP contribution < -0.4 is 0 Å². The van der Waals surface area contributed by atoms with Crippen molar-refractivity contribution >= 4 is 15.6 Å². The summed E-state index contributed by atoms with van der Waals surface area (Å²) in [4.78, 5) is 0.410. The monoisotopic (exact) mass is 395 g/mol. The number of sulfonamides is 1. The highest BCUT2D eigenvalue weighted by Gasteiger charge is 2.51. The van der Waals surface area contributed by atoms with Gasteiger partial charge in [-0.1, -0.05) is 68.0 Å². The SMILES string of the molecule is Cc1ccc(S(=O)(=O)N2CCCC23CC(c2ccccc2)=CC(C)(C)C3)cc1. The average Bonchev–Trinajstić information content (AvgIpc) is 3.04. The van der Waals surface area contributed by atoms with E-state index in [1.165, 1.54) is 11.1 Å². The van der Waals surface area contributed by atoms with Crippen LogP contribution in [0.4, 0.5) is 0 Å². The number of benzene rings is 2. The van der Waals surface area contributed by atoms with Gasteiger partial charge in [0.25, 0.3) is 0 Å². The molecule has 4 rings (SSSR count). The minimum absolute atomic E-state index is 0.0468. The van der Waals surface area contributed by atoms with Gasteiger partial charge < -0.3 is 0 Å². The van der Waals surface area contributed by atoms with Crippen LogP contribution in [0.15, 0.2) is 65.6 Å². The smallest absolute Gasteiger partial charge is 0.207 e. The maximum Gasteiger partial charge on any atom is 0.243 e. The van der Waals surface area contributed by atoms with Gasteiger partial charge in [-0.2, -0.15) is 4.31 Å². The van der Waals surface area contributed by atoms with Gasteiger partial charge in [-0.15, -0.1) is 0 Å². The van der Waals surface area contributed by atoms with Crippen molar-refractivity contribution in [2.24, 2.45) is 5.41 Å². The number of allylic oxidation sites excluding steroid dienone is 1. The average molecular weight is 396 g/mol. The lowest BCUT2D eigenvalue weighted by molar-refractivity contribution is 0.166. The predicted octanol–water partition coefficient (Wildman–Crippen LogP) is 5.42. The molecule has 4 heteroatoms. The Hall–Kier alpha value is -1.91. The van der Waals surface area contributed by atoms with Gasteiger partial charge in [-0.05, 0) is 61.3 Å². The minimum atomic E-state index is -3.51. The van der Waals surface area contributed by atoms with Gasteiger partial charge in [0.05, 0.1) is 4.90 Å². The highest BCUT2D eigenvalue weighted by atomic mass is 32.2. The van der Waals surface area contributed by atoms with Gasteiger partial charge in [0, 0.05) is 12.1 Å². The number of hydrogen-bond acceptors (Lipinski definition) is 2. The Labute approximate surface area is 169 Å². The van der Waals surface area contributed by atoms with Crippen LogP contribution in [0, 0.1) is 12.3 Å². The summed E-state index contributed by atoms with van der Waals surface area (Å²) in [6.07, 6.45) is 5.84. The largest absolute Gasteiger partial charge is 0.243 e. The Kier molecular flexibility index (Phi) is 4.75. The van der Waals surface area contributed by atoms with E-state index in [0.717, 1.165) is 31.2 Å². The van der Waals surface area contributed by atoms with Gasteiger partial charge in [0.2, 0.25) is 10.0 Å². The summed E-state index contributed by atoms with van der Waals surface area (Å²) in [6, 6.07) is 17.7. The molecule has 1 atom stereocenters. The van der Waals surface area contributed by atoms with Gasteiger partial charge in [-0.3, -0.25) is 0 Å². The molecule has 0 N–H and O–H groups in total. The van der Waals surface area contributed by atoms with Crippen LogP contribution >= 0.6 is 0 Å². The fourth-order valence-corrected chi connectivity index (χ4v) is 6.99. The molecule has 0 amide bonds. The molecular formula is C24H29NO2S. The molecule has 1 spiro atoms. The van der Waals surface area contributed by atoms with Crippen molar-refractivity contribution in [1.82, 2.24) is 4.31 Å². The predicted molar refractivity (Wildman–Crippen MR) is 114 cm³/mol.